The predicted octanol–water partition coefficient (Wildman–Crippen LogP) is 4.20. The molecule has 1 N–H and O–H groups in total. The lowest BCUT2D eigenvalue weighted by Crippen LogP contribution is -2.05. The zero-order valence-corrected chi connectivity index (χ0v) is 15.1. The van der Waals surface area contributed by atoms with Crippen molar-refractivity contribution in [1.29, 1.82) is 0 Å². The molecular weight excluding hydrogens is 336 g/mol. The van der Waals surface area contributed by atoms with E-state index in [-0.39, 0.29) is 6.04 Å². The second-order valence-corrected chi connectivity index (χ2v) is 6.83. The number of benzene rings is 2. The number of methoxy groups -OCH3 is 1. The van der Waals surface area contributed by atoms with Crippen LogP contribution in [0, 0.1) is 0 Å². The van der Waals surface area contributed by atoms with E-state index in [0.29, 0.717) is 0 Å². The Bertz CT molecular complexity index is 1080. The van der Waals surface area contributed by atoms with Gasteiger partial charge in [0.2, 0.25) is 0 Å². The van der Waals surface area contributed by atoms with E-state index in [1.165, 1.54) is 22.0 Å². The third kappa shape index (κ3) is 2.81. The normalized spacial score (nSPS) is 15.5. The molecule has 0 aliphatic carbocycles. The van der Waals surface area contributed by atoms with E-state index in [1.807, 2.05) is 12.1 Å². The number of hydrogen-bond acceptors (Lipinski definition) is 4. The van der Waals surface area contributed by atoms with Crippen LogP contribution in [0.1, 0.15) is 22.9 Å². The summed E-state index contributed by atoms with van der Waals surface area (Å²) in [5.41, 5.74) is 4.75. The molecule has 0 radical (unpaired) electrons. The minimum absolute atomic E-state index is 0.161. The molecule has 5 rings (SSSR count). The van der Waals surface area contributed by atoms with Crippen LogP contribution in [-0.4, -0.2) is 21.6 Å². The van der Waals surface area contributed by atoms with E-state index in [9.17, 15) is 0 Å². The van der Waals surface area contributed by atoms with E-state index in [2.05, 4.69) is 62.4 Å². The molecule has 1 aliphatic heterocycles. The summed E-state index contributed by atoms with van der Waals surface area (Å²) in [6.45, 7) is 0.833. The number of nitrogens with zero attached hydrogens (tertiary/aromatic N) is 3. The van der Waals surface area contributed by atoms with Gasteiger partial charge < -0.3 is 14.6 Å². The number of fused-ring (bicyclic) bond motifs is 2. The highest BCUT2D eigenvalue weighted by Crippen LogP contribution is 2.37. The third-order valence-electron chi connectivity index (χ3n) is 5.17. The van der Waals surface area contributed by atoms with Gasteiger partial charge in [-0.25, -0.2) is 4.98 Å². The van der Waals surface area contributed by atoms with Crippen LogP contribution in [-0.2, 0) is 13.0 Å². The highest BCUT2D eigenvalue weighted by molar-refractivity contribution is 5.86. The van der Waals surface area contributed by atoms with Crippen molar-refractivity contribution in [2.24, 2.45) is 0 Å². The van der Waals surface area contributed by atoms with Gasteiger partial charge in [-0.05, 0) is 23.8 Å². The van der Waals surface area contributed by atoms with Crippen molar-refractivity contribution < 1.29 is 4.74 Å². The number of rotatable bonds is 4. The Morgan fingerprint density at radius 2 is 1.96 bits per heavy atom. The van der Waals surface area contributed by atoms with Crippen molar-refractivity contribution >= 4 is 16.7 Å². The maximum absolute atomic E-state index is 5.47. The fourth-order valence-electron chi connectivity index (χ4n) is 3.85. The summed E-state index contributed by atoms with van der Waals surface area (Å²) in [4.78, 5) is 8.89. The zero-order valence-electron chi connectivity index (χ0n) is 15.1. The van der Waals surface area contributed by atoms with Crippen molar-refractivity contribution in [2.45, 2.75) is 19.0 Å². The number of nitrogens with one attached hydrogen (secondary N) is 1. The Labute approximate surface area is 157 Å². The molecule has 4 aromatic rings. The molecule has 1 unspecified atom stereocenters. The molecule has 2 aromatic heterocycles. The van der Waals surface area contributed by atoms with Crippen LogP contribution in [0.5, 0.6) is 5.75 Å². The monoisotopic (exact) mass is 356 g/mol. The molecule has 5 nitrogen and oxygen atoms in total. The van der Waals surface area contributed by atoms with Gasteiger partial charge in [0.1, 0.15) is 11.6 Å². The second-order valence-electron chi connectivity index (χ2n) is 6.83. The topological polar surface area (TPSA) is 52.0 Å². The van der Waals surface area contributed by atoms with E-state index >= 15 is 0 Å². The zero-order chi connectivity index (χ0) is 18.2. The summed E-state index contributed by atoms with van der Waals surface area (Å²) in [7, 11) is 1.71. The summed E-state index contributed by atoms with van der Waals surface area (Å²) in [6, 6.07) is 17.0. The summed E-state index contributed by atoms with van der Waals surface area (Å²) in [6.07, 6.45) is 6.58. The Morgan fingerprint density at radius 3 is 2.78 bits per heavy atom. The van der Waals surface area contributed by atoms with Gasteiger partial charge in [0, 0.05) is 48.0 Å². The summed E-state index contributed by atoms with van der Waals surface area (Å²) >= 11 is 0. The Balaban J connectivity index is 1.59. The molecule has 0 bridgehead atoms. The first kappa shape index (κ1) is 15.9. The molecule has 1 aliphatic rings. The van der Waals surface area contributed by atoms with E-state index in [4.69, 9.17) is 4.74 Å². The van der Waals surface area contributed by atoms with Crippen LogP contribution in [0.3, 0.4) is 0 Å². The number of anilines is 1. The molecule has 134 valence electrons. The summed E-state index contributed by atoms with van der Waals surface area (Å²) in [5.74, 6) is 1.75. The van der Waals surface area contributed by atoms with Crippen molar-refractivity contribution in [2.75, 3.05) is 12.4 Å². The Morgan fingerprint density at radius 1 is 1.11 bits per heavy atom. The number of ether oxygens (including phenoxy) is 1. The van der Waals surface area contributed by atoms with Gasteiger partial charge in [0.15, 0.2) is 0 Å². The summed E-state index contributed by atoms with van der Waals surface area (Å²) < 4.78 is 7.79. The van der Waals surface area contributed by atoms with Crippen LogP contribution < -0.4 is 10.1 Å². The lowest BCUT2D eigenvalue weighted by Gasteiger charge is -2.10. The van der Waals surface area contributed by atoms with E-state index < -0.39 is 0 Å². The van der Waals surface area contributed by atoms with Gasteiger partial charge in [0.25, 0.3) is 0 Å². The largest absolute Gasteiger partial charge is 0.497 e. The molecule has 0 amide bonds. The van der Waals surface area contributed by atoms with Crippen molar-refractivity contribution in [3.05, 3.63) is 83.9 Å². The smallest absolute Gasteiger partial charge is 0.148 e. The van der Waals surface area contributed by atoms with Gasteiger partial charge in [-0.2, -0.15) is 0 Å². The van der Waals surface area contributed by atoms with E-state index in [1.54, 1.807) is 19.5 Å². The number of aromatic nitrogens is 3. The van der Waals surface area contributed by atoms with Crippen LogP contribution in [0.25, 0.3) is 10.9 Å². The first-order valence-electron chi connectivity index (χ1n) is 9.09. The molecule has 3 heterocycles. The quantitative estimate of drug-likeness (QED) is 0.595. The average molecular weight is 356 g/mol. The fraction of sp³-hybridized carbons (Fsp3) is 0.182. The first-order chi connectivity index (χ1) is 13.3. The molecule has 0 fully saturated rings. The van der Waals surface area contributed by atoms with Crippen molar-refractivity contribution in [3.8, 4) is 5.75 Å². The van der Waals surface area contributed by atoms with Crippen LogP contribution in [0.4, 0.5) is 5.82 Å². The molecule has 5 heteroatoms. The molecule has 2 aromatic carbocycles. The van der Waals surface area contributed by atoms with Crippen LogP contribution in [0.15, 0.2) is 67.1 Å². The van der Waals surface area contributed by atoms with Gasteiger partial charge in [0.05, 0.1) is 18.8 Å². The minimum Gasteiger partial charge on any atom is -0.497 e. The van der Waals surface area contributed by atoms with Gasteiger partial charge in [-0.3, -0.25) is 4.98 Å². The lowest BCUT2D eigenvalue weighted by atomic mass is 10.0. The average Bonchev–Trinajstić information content (AvgIpc) is 3.30. The molecule has 0 spiro atoms. The van der Waals surface area contributed by atoms with Crippen LogP contribution in [0.2, 0.25) is 0 Å². The van der Waals surface area contributed by atoms with Crippen molar-refractivity contribution in [3.63, 3.8) is 0 Å². The maximum Gasteiger partial charge on any atom is 0.148 e. The Hall–Kier alpha value is -3.34. The molecule has 0 saturated carbocycles. The molecule has 0 saturated heterocycles. The third-order valence-corrected chi connectivity index (χ3v) is 5.17. The van der Waals surface area contributed by atoms with E-state index in [0.717, 1.165) is 30.2 Å². The fourth-order valence-corrected chi connectivity index (χ4v) is 3.85. The Kier molecular flexibility index (Phi) is 3.78. The molecule has 27 heavy (non-hydrogen) atoms. The van der Waals surface area contributed by atoms with Crippen molar-refractivity contribution in [1.82, 2.24) is 14.5 Å². The molecule has 1 atom stereocenters. The maximum atomic E-state index is 5.47. The predicted molar refractivity (Wildman–Crippen MR) is 106 cm³/mol. The first-order valence-corrected chi connectivity index (χ1v) is 9.09. The summed E-state index contributed by atoms with van der Waals surface area (Å²) in [5, 5.41) is 4.73. The highest BCUT2D eigenvalue weighted by atomic mass is 16.5. The van der Waals surface area contributed by atoms with Gasteiger partial charge >= 0.3 is 0 Å². The molecular formula is C22H20N4O. The SMILES string of the molecule is COc1ccc2c(c1)c(C1Cc3nccnc3N1)cn2Cc1ccccc1. The van der Waals surface area contributed by atoms with Gasteiger partial charge in [-0.1, -0.05) is 30.3 Å². The van der Waals surface area contributed by atoms with Gasteiger partial charge in [-0.15, -0.1) is 0 Å². The standard InChI is InChI=1S/C22H20N4O/c1-27-16-7-8-21-17(11-16)18(14-26(21)13-15-5-3-2-4-6-15)19-12-20-22(25-19)24-10-9-23-20/h2-11,14,19H,12-13H2,1H3,(H,24,25). The lowest BCUT2D eigenvalue weighted by molar-refractivity contribution is 0.415. The second kappa shape index (κ2) is 6.43. The highest BCUT2D eigenvalue weighted by Gasteiger charge is 2.27. The number of hydrogen-bond donors (Lipinski definition) is 1. The van der Waals surface area contributed by atoms with Crippen LogP contribution >= 0.6 is 0 Å². The minimum atomic E-state index is 0.161.